The Balaban J connectivity index is 1.73. The highest BCUT2D eigenvalue weighted by molar-refractivity contribution is 7.98. The summed E-state index contributed by atoms with van der Waals surface area (Å²) in [7, 11) is 0. The van der Waals surface area contributed by atoms with Crippen LogP contribution in [0.2, 0.25) is 0 Å². The average molecular weight is 364 g/mol. The molecule has 1 aliphatic heterocycles. The molecule has 3 rings (SSSR count). The topological polar surface area (TPSA) is 83.0 Å². The van der Waals surface area contributed by atoms with Gasteiger partial charge in [0, 0.05) is 25.2 Å². The molecule has 2 heterocycles. The summed E-state index contributed by atoms with van der Waals surface area (Å²) in [5.41, 5.74) is 6.13. The van der Waals surface area contributed by atoms with Crippen molar-refractivity contribution in [1.82, 2.24) is 14.8 Å². The number of aromatic nitrogens is 3. The van der Waals surface area contributed by atoms with Gasteiger partial charge in [0.15, 0.2) is 5.16 Å². The van der Waals surface area contributed by atoms with Crippen LogP contribution in [0.25, 0.3) is 0 Å². The fourth-order valence-corrected chi connectivity index (χ4v) is 3.71. The smallest absolute Gasteiger partial charge is 0.217 e. The Bertz CT molecular complexity index is 731. The second kappa shape index (κ2) is 8.44. The van der Waals surface area contributed by atoms with Crippen LogP contribution in [0.1, 0.15) is 30.7 Å². The van der Waals surface area contributed by atoms with Crippen molar-refractivity contribution in [2.24, 2.45) is 5.73 Å². The molecule has 2 aromatic rings. The van der Waals surface area contributed by atoms with Crippen LogP contribution in [0.4, 0.5) is 4.39 Å². The van der Waals surface area contributed by atoms with Crippen molar-refractivity contribution < 1.29 is 13.9 Å². The molecular weight excluding hydrogens is 343 g/mol. The normalized spacial score (nSPS) is 17.1. The molecule has 8 heteroatoms. The number of amides is 1. The first-order valence-corrected chi connectivity index (χ1v) is 9.29. The van der Waals surface area contributed by atoms with Crippen LogP contribution in [0.3, 0.4) is 0 Å². The van der Waals surface area contributed by atoms with Gasteiger partial charge in [-0.15, -0.1) is 10.2 Å². The Morgan fingerprint density at radius 2 is 2.32 bits per heavy atom. The number of primary amides is 1. The number of thioether (sulfide) groups is 1. The van der Waals surface area contributed by atoms with Gasteiger partial charge in [-0.3, -0.25) is 4.79 Å². The molecule has 0 saturated carbocycles. The number of nitrogens with zero attached hydrogens (tertiary/aromatic N) is 3. The van der Waals surface area contributed by atoms with Crippen molar-refractivity contribution in [2.75, 3.05) is 6.61 Å². The van der Waals surface area contributed by atoms with Gasteiger partial charge in [0.2, 0.25) is 5.91 Å². The van der Waals surface area contributed by atoms with Crippen molar-refractivity contribution in [3.8, 4) is 0 Å². The first kappa shape index (κ1) is 17.9. The molecule has 1 aliphatic rings. The minimum atomic E-state index is -0.361. The SMILES string of the molecule is NC(=O)CCc1nnc(SCc2cccc(F)c2)n1CC1CCCO1. The molecule has 1 fully saturated rings. The van der Waals surface area contributed by atoms with E-state index < -0.39 is 0 Å². The summed E-state index contributed by atoms with van der Waals surface area (Å²) >= 11 is 1.50. The third-order valence-electron chi connectivity index (χ3n) is 4.06. The molecule has 0 aliphatic carbocycles. The van der Waals surface area contributed by atoms with E-state index in [1.165, 1.54) is 23.9 Å². The molecule has 0 spiro atoms. The Morgan fingerprint density at radius 3 is 3.04 bits per heavy atom. The number of carbonyl (C=O) groups is 1. The van der Waals surface area contributed by atoms with Crippen LogP contribution >= 0.6 is 11.8 Å². The van der Waals surface area contributed by atoms with Crippen LogP contribution < -0.4 is 5.73 Å². The molecule has 25 heavy (non-hydrogen) atoms. The van der Waals surface area contributed by atoms with Crippen molar-refractivity contribution in [1.29, 1.82) is 0 Å². The van der Waals surface area contributed by atoms with Gasteiger partial charge in [0.25, 0.3) is 0 Å². The molecule has 1 aromatic heterocycles. The quantitative estimate of drug-likeness (QED) is 0.727. The highest BCUT2D eigenvalue weighted by atomic mass is 32.2. The van der Waals surface area contributed by atoms with Crippen molar-refractivity contribution in [2.45, 2.75) is 49.2 Å². The number of halogens is 1. The number of carbonyl (C=O) groups excluding carboxylic acids is 1. The third kappa shape index (κ3) is 5.02. The first-order chi connectivity index (χ1) is 12.1. The summed E-state index contributed by atoms with van der Waals surface area (Å²) in [5, 5.41) is 9.21. The molecule has 1 aromatic carbocycles. The van der Waals surface area contributed by atoms with E-state index in [0.717, 1.165) is 36.0 Å². The Hall–Kier alpha value is -1.93. The van der Waals surface area contributed by atoms with Crippen LogP contribution in [0.5, 0.6) is 0 Å². The van der Waals surface area contributed by atoms with Crippen molar-refractivity contribution in [3.05, 3.63) is 41.5 Å². The van der Waals surface area contributed by atoms with Gasteiger partial charge < -0.3 is 15.0 Å². The van der Waals surface area contributed by atoms with Crippen LogP contribution in [0.15, 0.2) is 29.4 Å². The van der Waals surface area contributed by atoms with Gasteiger partial charge in [-0.25, -0.2) is 4.39 Å². The molecule has 1 unspecified atom stereocenters. The molecule has 2 N–H and O–H groups in total. The second-order valence-corrected chi connectivity index (χ2v) is 6.97. The van der Waals surface area contributed by atoms with Gasteiger partial charge in [0.1, 0.15) is 11.6 Å². The standard InChI is InChI=1S/C17H21FN4O2S/c18-13-4-1-3-12(9-13)11-25-17-21-20-16(7-6-15(19)23)22(17)10-14-5-2-8-24-14/h1,3-4,9,14H,2,5-8,10-11H2,(H2,19,23). The molecule has 134 valence electrons. The number of aryl methyl sites for hydroxylation is 1. The molecule has 1 amide bonds. The van der Waals surface area contributed by atoms with Gasteiger partial charge in [0.05, 0.1) is 12.6 Å². The molecule has 1 saturated heterocycles. The van der Waals surface area contributed by atoms with E-state index in [0.29, 0.717) is 18.7 Å². The van der Waals surface area contributed by atoms with E-state index in [9.17, 15) is 9.18 Å². The number of benzene rings is 1. The summed E-state index contributed by atoms with van der Waals surface area (Å²) in [6, 6.07) is 6.52. The molecule has 1 atom stereocenters. The molecule has 6 nitrogen and oxygen atoms in total. The zero-order valence-corrected chi connectivity index (χ0v) is 14.7. The predicted octanol–water partition coefficient (Wildman–Crippen LogP) is 2.31. The maximum Gasteiger partial charge on any atom is 0.217 e. The lowest BCUT2D eigenvalue weighted by molar-refractivity contribution is -0.118. The second-order valence-electron chi connectivity index (χ2n) is 6.03. The van der Waals surface area contributed by atoms with Crippen LogP contribution in [-0.2, 0) is 28.2 Å². The van der Waals surface area contributed by atoms with E-state index >= 15 is 0 Å². The van der Waals surface area contributed by atoms with Gasteiger partial charge >= 0.3 is 0 Å². The highest BCUT2D eigenvalue weighted by Gasteiger charge is 2.21. The zero-order chi connectivity index (χ0) is 17.6. The molecule has 0 bridgehead atoms. The first-order valence-electron chi connectivity index (χ1n) is 8.31. The predicted molar refractivity (Wildman–Crippen MR) is 92.5 cm³/mol. The van der Waals surface area contributed by atoms with Gasteiger partial charge in [-0.05, 0) is 30.5 Å². The molecule has 0 radical (unpaired) electrons. The lowest BCUT2D eigenvalue weighted by Crippen LogP contribution is -2.19. The lowest BCUT2D eigenvalue weighted by Gasteiger charge is -2.14. The average Bonchev–Trinajstić information content (AvgIpc) is 3.22. The Morgan fingerprint density at radius 1 is 1.44 bits per heavy atom. The van der Waals surface area contributed by atoms with E-state index in [1.54, 1.807) is 6.07 Å². The number of ether oxygens (including phenoxy) is 1. The lowest BCUT2D eigenvalue weighted by atomic mass is 10.2. The van der Waals surface area contributed by atoms with Gasteiger partial charge in [-0.2, -0.15) is 0 Å². The Labute approximate surface area is 149 Å². The van der Waals surface area contributed by atoms with Crippen LogP contribution in [-0.4, -0.2) is 33.4 Å². The number of rotatable bonds is 8. The minimum absolute atomic E-state index is 0.136. The Kier molecular flexibility index (Phi) is 6.04. The van der Waals surface area contributed by atoms with Crippen molar-refractivity contribution in [3.63, 3.8) is 0 Å². The fraction of sp³-hybridized carbons (Fsp3) is 0.471. The van der Waals surface area contributed by atoms with E-state index in [-0.39, 0.29) is 24.2 Å². The number of nitrogens with two attached hydrogens (primary N) is 1. The summed E-state index contributed by atoms with van der Waals surface area (Å²) < 4.78 is 21.0. The van der Waals surface area contributed by atoms with E-state index in [2.05, 4.69) is 10.2 Å². The van der Waals surface area contributed by atoms with Crippen molar-refractivity contribution >= 4 is 17.7 Å². The fourth-order valence-electron chi connectivity index (χ4n) is 2.80. The van der Waals surface area contributed by atoms with Gasteiger partial charge in [-0.1, -0.05) is 23.9 Å². The molecular formula is C17H21FN4O2S. The third-order valence-corrected chi connectivity index (χ3v) is 5.09. The zero-order valence-electron chi connectivity index (χ0n) is 13.9. The monoisotopic (exact) mass is 364 g/mol. The highest BCUT2D eigenvalue weighted by Crippen LogP contribution is 2.25. The number of hydrogen-bond donors (Lipinski definition) is 1. The summed E-state index contributed by atoms with van der Waals surface area (Å²) in [4.78, 5) is 11.1. The number of hydrogen-bond acceptors (Lipinski definition) is 5. The van der Waals surface area contributed by atoms with E-state index in [1.807, 2.05) is 10.6 Å². The minimum Gasteiger partial charge on any atom is -0.376 e. The largest absolute Gasteiger partial charge is 0.376 e. The van der Waals surface area contributed by atoms with E-state index in [4.69, 9.17) is 10.5 Å². The van der Waals surface area contributed by atoms with Crippen LogP contribution in [0, 0.1) is 5.82 Å². The summed E-state index contributed by atoms with van der Waals surface area (Å²) in [6.07, 6.45) is 2.88. The maximum absolute atomic E-state index is 13.3. The maximum atomic E-state index is 13.3. The summed E-state index contributed by atoms with van der Waals surface area (Å²) in [5.74, 6) is 0.717. The summed E-state index contributed by atoms with van der Waals surface area (Å²) in [6.45, 7) is 1.43.